The molecule has 0 bridgehead atoms. The lowest BCUT2D eigenvalue weighted by Gasteiger charge is -2.03. The largest absolute Gasteiger partial charge is 0.356 e. The summed E-state index contributed by atoms with van der Waals surface area (Å²) in [7, 11) is 1.88. The van der Waals surface area contributed by atoms with Crippen LogP contribution in [0.1, 0.15) is 5.56 Å². The van der Waals surface area contributed by atoms with Gasteiger partial charge in [-0.1, -0.05) is 17.3 Å². The molecule has 3 rings (SSSR count). The molecule has 1 N–H and O–H groups in total. The number of hydrogen-bond donors (Lipinski definition) is 1. The number of nitrogens with one attached hydrogen (secondary N) is 1. The zero-order valence-corrected chi connectivity index (χ0v) is 10.3. The maximum Gasteiger partial charge on any atom is 0.171 e. The molecule has 0 saturated carbocycles. The Labute approximate surface area is 109 Å². The Hall–Kier alpha value is -2.54. The molecule has 0 amide bonds. The summed E-state index contributed by atoms with van der Waals surface area (Å²) in [6, 6.07) is 7.77. The van der Waals surface area contributed by atoms with Crippen molar-refractivity contribution >= 4 is 0 Å². The van der Waals surface area contributed by atoms with Gasteiger partial charge in [0.2, 0.25) is 0 Å². The molecule has 0 aliphatic rings. The van der Waals surface area contributed by atoms with Gasteiger partial charge in [0.1, 0.15) is 6.33 Å². The van der Waals surface area contributed by atoms with E-state index in [1.807, 2.05) is 31.3 Å². The van der Waals surface area contributed by atoms with E-state index in [0.717, 1.165) is 22.6 Å². The summed E-state index contributed by atoms with van der Waals surface area (Å²) in [5.41, 5.74) is 2.82. The quantitative estimate of drug-likeness (QED) is 0.751. The minimum atomic E-state index is 0.702. The Morgan fingerprint density at radius 2 is 2.32 bits per heavy atom. The van der Waals surface area contributed by atoms with Crippen LogP contribution in [0.15, 0.2) is 41.3 Å². The Kier molecular flexibility index (Phi) is 3.03. The molecule has 2 heterocycles. The maximum absolute atomic E-state index is 5.32. The number of rotatable bonds is 4. The maximum atomic E-state index is 5.32. The Morgan fingerprint density at radius 1 is 1.37 bits per heavy atom. The van der Waals surface area contributed by atoms with Crippen LogP contribution in [0.5, 0.6) is 0 Å². The molecule has 7 heteroatoms. The average molecular weight is 256 g/mol. The predicted octanol–water partition coefficient (Wildman–Crippen LogP) is 1.04. The summed E-state index contributed by atoms with van der Waals surface area (Å²) in [4.78, 5) is 0. The van der Waals surface area contributed by atoms with Crippen molar-refractivity contribution in [1.29, 1.82) is 0 Å². The highest BCUT2D eigenvalue weighted by Gasteiger charge is 2.11. The summed E-state index contributed by atoms with van der Waals surface area (Å²) in [6.07, 6.45) is 3.27. The molecular formula is C12H12N6O. The van der Waals surface area contributed by atoms with Crippen LogP contribution in [0.4, 0.5) is 0 Å². The van der Waals surface area contributed by atoms with Crippen molar-refractivity contribution in [3.8, 4) is 17.0 Å². The first-order valence-corrected chi connectivity index (χ1v) is 5.80. The van der Waals surface area contributed by atoms with E-state index in [0.29, 0.717) is 6.54 Å². The van der Waals surface area contributed by atoms with Gasteiger partial charge >= 0.3 is 0 Å². The van der Waals surface area contributed by atoms with Gasteiger partial charge in [0.05, 0.1) is 11.9 Å². The third kappa shape index (κ3) is 2.23. The van der Waals surface area contributed by atoms with Gasteiger partial charge in [-0.3, -0.25) is 0 Å². The van der Waals surface area contributed by atoms with E-state index in [2.05, 4.69) is 26.0 Å². The van der Waals surface area contributed by atoms with E-state index < -0.39 is 0 Å². The third-order valence-corrected chi connectivity index (χ3v) is 2.73. The van der Waals surface area contributed by atoms with Gasteiger partial charge in [-0.15, -0.1) is 5.10 Å². The van der Waals surface area contributed by atoms with Crippen LogP contribution in [0.25, 0.3) is 17.0 Å². The molecule has 0 atom stereocenters. The second-order valence-corrected chi connectivity index (χ2v) is 4.02. The van der Waals surface area contributed by atoms with Gasteiger partial charge in [0.15, 0.2) is 5.76 Å². The summed E-state index contributed by atoms with van der Waals surface area (Å²) in [5, 5.41) is 18.0. The summed E-state index contributed by atoms with van der Waals surface area (Å²) in [5.74, 6) is 0.754. The molecule has 3 aromatic rings. The van der Waals surface area contributed by atoms with Crippen molar-refractivity contribution in [3.63, 3.8) is 0 Å². The molecule has 7 nitrogen and oxygen atoms in total. The molecule has 0 spiro atoms. The zero-order valence-electron chi connectivity index (χ0n) is 10.3. The lowest BCUT2D eigenvalue weighted by molar-refractivity contribution is 0.431. The minimum absolute atomic E-state index is 0.702. The van der Waals surface area contributed by atoms with Crippen LogP contribution in [0.3, 0.4) is 0 Å². The van der Waals surface area contributed by atoms with Crippen LogP contribution >= 0.6 is 0 Å². The second kappa shape index (κ2) is 4.99. The van der Waals surface area contributed by atoms with Crippen LogP contribution in [-0.4, -0.2) is 32.4 Å². The Morgan fingerprint density at radius 3 is 3.11 bits per heavy atom. The smallest absolute Gasteiger partial charge is 0.171 e. The highest BCUT2D eigenvalue weighted by Crippen LogP contribution is 2.25. The monoisotopic (exact) mass is 256 g/mol. The average Bonchev–Trinajstić information content (AvgIpc) is 3.10. The minimum Gasteiger partial charge on any atom is -0.356 e. The third-order valence-electron chi connectivity index (χ3n) is 2.73. The molecule has 0 unspecified atom stereocenters. The molecule has 0 aliphatic heterocycles. The summed E-state index contributed by atoms with van der Waals surface area (Å²) >= 11 is 0. The number of hydrogen-bond acceptors (Lipinski definition) is 6. The molecule has 2 aromatic heterocycles. The number of aromatic nitrogens is 5. The summed E-state index contributed by atoms with van der Waals surface area (Å²) in [6.45, 7) is 0.702. The number of benzene rings is 1. The van der Waals surface area contributed by atoms with Crippen molar-refractivity contribution in [2.45, 2.75) is 6.54 Å². The fourth-order valence-electron chi connectivity index (χ4n) is 1.88. The fraction of sp³-hybridized carbons (Fsp3) is 0.167. The first-order chi connectivity index (χ1) is 9.38. The SMILES string of the molecule is CNCc1cnoc1-c1cccc(-n2cnnn2)c1. The van der Waals surface area contributed by atoms with Gasteiger partial charge in [0, 0.05) is 17.7 Å². The molecule has 1 aromatic carbocycles. The Bertz CT molecular complexity index is 660. The molecule has 19 heavy (non-hydrogen) atoms. The molecular weight excluding hydrogens is 244 g/mol. The standard InChI is InChI=1S/C12H12N6O/c1-13-6-10-7-15-19-12(10)9-3-2-4-11(5-9)18-8-14-16-17-18/h2-5,7-8,13H,6H2,1H3. The molecule has 0 aliphatic carbocycles. The highest BCUT2D eigenvalue weighted by atomic mass is 16.5. The van der Waals surface area contributed by atoms with Crippen LogP contribution in [0, 0.1) is 0 Å². The van der Waals surface area contributed by atoms with Crippen molar-refractivity contribution in [1.82, 2.24) is 30.7 Å². The van der Waals surface area contributed by atoms with Crippen LogP contribution < -0.4 is 5.32 Å². The van der Waals surface area contributed by atoms with Crippen molar-refractivity contribution in [2.75, 3.05) is 7.05 Å². The van der Waals surface area contributed by atoms with Crippen LogP contribution in [0.2, 0.25) is 0 Å². The normalized spacial score (nSPS) is 10.8. The van der Waals surface area contributed by atoms with E-state index in [1.54, 1.807) is 17.2 Å². The zero-order chi connectivity index (χ0) is 13.1. The van der Waals surface area contributed by atoms with E-state index in [1.165, 1.54) is 0 Å². The number of nitrogens with zero attached hydrogens (tertiary/aromatic N) is 5. The highest BCUT2D eigenvalue weighted by molar-refractivity contribution is 5.63. The first-order valence-electron chi connectivity index (χ1n) is 5.80. The summed E-state index contributed by atoms with van der Waals surface area (Å²) < 4.78 is 6.92. The fourth-order valence-corrected chi connectivity index (χ4v) is 1.88. The second-order valence-electron chi connectivity index (χ2n) is 4.02. The van der Waals surface area contributed by atoms with Gasteiger partial charge in [-0.05, 0) is 29.6 Å². The molecule has 96 valence electrons. The van der Waals surface area contributed by atoms with Crippen molar-refractivity contribution in [2.24, 2.45) is 0 Å². The van der Waals surface area contributed by atoms with Gasteiger partial charge < -0.3 is 9.84 Å². The van der Waals surface area contributed by atoms with Gasteiger partial charge in [-0.2, -0.15) is 0 Å². The van der Waals surface area contributed by atoms with E-state index in [-0.39, 0.29) is 0 Å². The lowest BCUT2D eigenvalue weighted by Crippen LogP contribution is -2.05. The molecule has 0 radical (unpaired) electrons. The van der Waals surface area contributed by atoms with Gasteiger partial charge in [-0.25, -0.2) is 4.68 Å². The van der Waals surface area contributed by atoms with Crippen molar-refractivity contribution in [3.05, 3.63) is 42.4 Å². The molecule has 0 saturated heterocycles. The van der Waals surface area contributed by atoms with Crippen LogP contribution in [-0.2, 0) is 6.54 Å². The van der Waals surface area contributed by atoms with E-state index in [9.17, 15) is 0 Å². The van der Waals surface area contributed by atoms with Gasteiger partial charge in [0.25, 0.3) is 0 Å². The number of tetrazole rings is 1. The topological polar surface area (TPSA) is 81.7 Å². The van der Waals surface area contributed by atoms with E-state index >= 15 is 0 Å². The van der Waals surface area contributed by atoms with Crippen molar-refractivity contribution < 1.29 is 4.52 Å². The Balaban J connectivity index is 2.01. The van der Waals surface area contributed by atoms with E-state index in [4.69, 9.17) is 4.52 Å². The molecule has 0 fully saturated rings. The lowest BCUT2D eigenvalue weighted by atomic mass is 10.1. The first kappa shape index (κ1) is 11.5. The predicted molar refractivity (Wildman–Crippen MR) is 67.4 cm³/mol.